The lowest BCUT2D eigenvalue weighted by atomic mass is 10.8. The fourth-order valence-corrected chi connectivity index (χ4v) is 0. The van der Waals surface area contributed by atoms with E-state index in [-0.39, 0.29) is 0 Å². The van der Waals surface area contributed by atoms with Crippen LogP contribution >= 0.6 is 11.9 Å². The van der Waals surface area contributed by atoms with E-state index >= 15 is 0 Å². The average Bonchev–Trinajstić information content (AvgIpc) is 1.37. The highest BCUT2D eigenvalue weighted by molar-refractivity contribution is 8.15. The molecule has 2 radical (unpaired) electrons. The lowest BCUT2D eigenvalue weighted by Crippen LogP contribution is -1.57. The first kappa shape index (κ1) is 4.33. The van der Waals surface area contributed by atoms with Gasteiger partial charge in [0.25, 0.3) is 0 Å². The van der Waals surface area contributed by atoms with Crippen molar-refractivity contribution in [2.75, 3.05) is 0 Å². The maximum absolute atomic E-state index is 7.21. The van der Waals surface area contributed by atoms with Crippen molar-refractivity contribution in [1.82, 2.24) is 0 Å². The Hall–Kier alpha value is 0.335. The van der Waals surface area contributed by atoms with Crippen molar-refractivity contribution in [2.24, 2.45) is 0 Å². The van der Waals surface area contributed by atoms with Gasteiger partial charge in [-0.2, -0.15) is 4.33 Å². The number of hydrogen-bond donors (Lipinski definition) is 1. The van der Waals surface area contributed by atoms with Gasteiger partial charge in [-0.3, -0.25) is 0 Å². The highest BCUT2D eigenvalue weighted by atomic mass is 32.2. The van der Waals surface area contributed by atoms with Crippen LogP contribution in [-0.2, 0) is 4.33 Å². The van der Waals surface area contributed by atoms with E-state index in [0.29, 0.717) is 11.9 Å². The first-order valence-corrected chi connectivity index (χ1v) is 1.39. The molecule has 0 aromatic carbocycles. The van der Waals surface area contributed by atoms with Gasteiger partial charge in [0.15, 0.2) is 0 Å². The molecule has 0 spiro atoms. The summed E-state index contributed by atoms with van der Waals surface area (Å²) in [4.78, 5) is 0. The van der Waals surface area contributed by atoms with Gasteiger partial charge in [0.2, 0.25) is 7.12 Å². The minimum atomic E-state index is 0.412. The van der Waals surface area contributed by atoms with E-state index in [2.05, 4.69) is 11.5 Å². The average molecular weight is 75.9 g/mol. The van der Waals surface area contributed by atoms with Crippen molar-refractivity contribution < 1.29 is 9.59 Å². The summed E-state index contributed by atoms with van der Waals surface area (Å²) >= 11 is 0.412. The van der Waals surface area contributed by atoms with E-state index in [0.717, 1.165) is 0 Å². The van der Waals surface area contributed by atoms with Crippen molar-refractivity contribution in [3.8, 4) is 0 Å². The SMILES string of the molecule is [B]SOO. The van der Waals surface area contributed by atoms with Crippen LogP contribution in [0.1, 0.15) is 0 Å². The summed E-state index contributed by atoms with van der Waals surface area (Å²) in [6, 6.07) is 0. The predicted molar refractivity (Wildman–Crippen MR) is 17.1 cm³/mol. The highest BCUT2D eigenvalue weighted by Gasteiger charge is 1.55. The first-order valence-electron chi connectivity index (χ1n) is 0.585. The quantitative estimate of drug-likeness (QED) is 0.209. The molecule has 0 saturated heterocycles. The molecule has 0 aromatic rings. The summed E-state index contributed by atoms with van der Waals surface area (Å²) in [5.41, 5.74) is 0. The van der Waals surface area contributed by atoms with Gasteiger partial charge in [-0.25, -0.2) is 5.26 Å². The second-order valence-corrected chi connectivity index (χ2v) is 0.512. The Kier molecular flexibility index (Phi) is 3.61. The highest BCUT2D eigenvalue weighted by Crippen LogP contribution is 1.82. The topological polar surface area (TPSA) is 29.5 Å². The van der Waals surface area contributed by atoms with Crippen LogP contribution < -0.4 is 0 Å². The Labute approximate surface area is 29.6 Å². The molecule has 0 rings (SSSR count). The first-order chi connectivity index (χ1) is 1.91. The van der Waals surface area contributed by atoms with E-state index in [1.54, 1.807) is 0 Å². The van der Waals surface area contributed by atoms with Crippen molar-refractivity contribution in [3.05, 3.63) is 0 Å². The van der Waals surface area contributed by atoms with Gasteiger partial charge in [0, 0.05) is 0 Å². The van der Waals surface area contributed by atoms with E-state index in [4.69, 9.17) is 5.26 Å². The van der Waals surface area contributed by atoms with Crippen LogP contribution in [0.4, 0.5) is 0 Å². The lowest BCUT2D eigenvalue weighted by molar-refractivity contribution is -0.114. The van der Waals surface area contributed by atoms with E-state index < -0.39 is 0 Å². The van der Waals surface area contributed by atoms with E-state index in [9.17, 15) is 0 Å². The fraction of sp³-hybridized carbons (Fsp3) is 0. The number of rotatable bonds is 1. The summed E-state index contributed by atoms with van der Waals surface area (Å²) < 4.78 is 3.24. The van der Waals surface area contributed by atoms with Crippen molar-refractivity contribution >= 4 is 19.0 Å². The zero-order valence-electron chi connectivity index (χ0n) is 1.84. The van der Waals surface area contributed by atoms with Gasteiger partial charge in [0.05, 0.1) is 0 Å². The normalized spacial score (nSPS) is 7.25. The Morgan fingerprint density at radius 3 is 2.25 bits per heavy atom. The molecule has 0 saturated carbocycles. The summed E-state index contributed by atoms with van der Waals surface area (Å²) in [6.07, 6.45) is 0. The molecule has 0 aliphatic heterocycles. The summed E-state index contributed by atoms with van der Waals surface area (Å²) in [5.74, 6) is 0. The maximum Gasteiger partial charge on any atom is 0.207 e. The third kappa shape index (κ3) is 2.33. The molecule has 22 valence electrons. The molecule has 0 amide bonds. The second kappa shape index (κ2) is 3.33. The Bertz CT molecular complexity index is 8.00. The maximum atomic E-state index is 7.21. The third-order valence-corrected chi connectivity index (χ3v) is 0.129. The Balaban J connectivity index is 1.97. The largest absolute Gasteiger partial charge is 0.240 e. The Morgan fingerprint density at radius 2 is 2.25 bits per heavy atom. The van der Waals surface area contributed by atoms with Crippen LogP contribution in [0.15, 0.2) is 0 Å². The molecule has 4 heavy (non-hydrogen) atoms. The molecule has 4 heteroatoms. The summed E-state index contributed by atoms with van der Waals surface area (Å²) in [6.45, 7) is 0. The van der Waals surface area contributed by atoms with Crippen LogP contribution in [0.5, 0.6) is 0 Å². The zero-order chi connectivity index (χ0) is 3.41. The number of hydrogen-bond acceptors (Lipinski definition) is 3. The standard InChI is InChI=1S/BHO2S/c1-4-3-2/h2H. The molecule has 0 aromatic heterocycles. The van der Waals surface area contributed by atoms with Crippen LogP contribution in [-0.4, -0.2) is 12.4 Å². The molecule has 0 fully saturated rings. The monoisotopic (exact) mass is 76.0 g/mol. The summed E-state index contributed by atoms with van der Waals surface area (Å²) in [5, 5.41) is 7.21. The van der Waals surface area contributed by atoms with Gasteiger partial charge in [0.1, 0.15) is 0 Å². The van der Waals surface area contributed by atoms with Crippen molar-refractivity contribution in [3.63, 3.8) is 0 Å². The van der Waals surface area contributed by atoms with Crippen LogP contribution in [0, 0.1) is 0 Å². The third-order valence-electron chi connectivity index (χ3n) is 0.0430. The molecule has 0 aliphatic carbocycles. The minimum Gasteiger partial charge on any atom is -0.240 e. The van der Waals surface area contributed by atoms with Gasteiger partial charge in [-0.15, -0.1) is 0 Å². The van der Waals surface area contributed by atoms with Gasteiger partial charge < -0.3 is 0 Å². The van der Waals surface area contributed by atoms with Crippen molar-refractivity contribution in [2.45, 2.75) is 0 Å². The zero-order valence-corrected chi connectivity index (χ0v) is 2.66. The van der Waals surface area contributed by atoms with E-state index in [1.807, 2.05) is 0 Å². The summed E-state index contributed by atoms with van der Waals surface area (Å²) in [7, 11) is 4.47. The van der Waals surface area contributed by atoms with Crippen LogP contribution in [0.25, 0.3) is 0 Å². The lowest BCUT2D eigenvalue weighted by Gasteiger charge is -1.72. The van der Waals surface area contributed by atoms with Gasteiger partial charge in [-0.1, -0.05) is 0 Å². The van der Waals surface area contributed by atoms with Crippen LogP contribution in [0.2, 0.25) is 0 Å². The fourth-order valence-electron chi connectivity index (χ4n) is 0. The molecule has 0 heterocycles. The molecule has 0 aliphatic rings. The van der Waals surface area contributed by atoms with E-state index in [1.165, 1.54) is 0 Å². The predicted octanol–water partition coefficient (Wildman–Crippen LogP) is 0.208. The molecule has 0 atom stereocenters. The van der Waals surface area contributed by atoms with Gasteiger partial charge >= 0.3 is 0 Å². The molecule has 1 N–H and O–H groups in total. The second-order valence-electron chi connectivity index (χ2n) is 0.171. The van der Waals surface area contributed by atoms with Crippen molar-refractivity contribution in [1.29, 1.82) is 0 Å². The smallest absolute Gasteiger partial charge is 0.207 e. The molecule has 2 nitrogen and oxygen atoms in total. The molecular formula is HBO2S. The van der Waals surface area contributed by atoms with Gasteiger partial charge in [-0.05, 0) is 11.9 Å². The van der Waals surface area contributed by atoms with Crippen LogP contribution in [0.3, 0.4) is 0 Å². The Morgan fingerprint density at radius 1 is 2.00 bits per heavy atom. The minimum absolute atomic E-state index is 0.412. The molecular weight excluding hydrogens is 74.9 g/mol. The molecule has 0 bridgehead atoms. The molecule has 0 unspecified atom stereocenters.